The van der Waals surface area contributed by atoms with Crippen LogP contribution in [0.2, 0.25) is 0 Å². The number of hydrogen-bond acceptors (Lipinski definition) is 5. The van der Waals surface area contributed by atoms with Crippen molar-refractivity contribution < 1.29 is 18.7 Å². The van der Waals surface area contributed by atoms with Crippen LogP contribution < -0.4 is 10.1 Å². The molecule has 1 aliphatic rings. The molecule has 150 valence electrons. The predicted molar refractivity (Wildman–Crippen MR) is 108 cm³/mol. The molecule has 1 atom stereocenters. The highest BCUT2D eigenvalue weighted by Crippen LogP contribution is 2.42. The molecule has 4 rings (SSSR count). The molecule has 8 heteroatoms. The number of halogens is 1. The Hall–Kier alpha value is -3.00. The lowest BCUT2D eigenvalue weighted by Gasteiger charge is -2.13. The average Bonchev–Trinajstić information content (AvgIpc) is 3.37. The number of carbonyl (C=O) groups is 2. The minimum atomic E-state index is -0.352. The van der Waals surface area contributed by atoms with E-state index in [9.17, 15) is 14.0 Å². The molecule has 0 aliphatic carbocycles. The van der Waals surface area contributed by atoms with Crippen molar-refractivity contribution in [3.8, 4) is 16.2 Å². The van der Waals surface area contributed by atoms with E-state index in [0.29, 0.717) is 34.8 Å². The van der Waals surface area contributed by atoms with Gasteiger partial charge in [-0.3, -0.25) is 14.3 Å². The monoisotopic (exact) mass is 413 g/mol. The molecule has 2 aromatic heterocycles. The van der Waals surface area contributed by atoms with Gasteiger partial charge in [-0.1, -0.05) is 0 Å². The molecule has 0 fully saturated rings. The number of carbonyl (C=O) groups excluding carboxylic acids is 2. The van der Waals surface area contributed by atoms with Gasteiger partial charge < -0.3 is 10.1 Å². The molecule has 29 heavy (non-hydrogen) atoms. The number of nitrogens with zero attached hydrogens (tertiary/aromatic N) is 2. The zero-order chi connectivity index (χ0) is 20.7. The highest BCUT2D eigenvalue weighted by molar-refractivity contribution is 7.17. The number of aryl methyl sites for hydroxylation is 2. The van der Waals surface area contributed by atoms with Gasteiger partial charge in [0.15, 0.2) is 5.78 Å². The SMILES string of the molecule is CC(=O)c1ccc(-c2cc(F)cc3c2O[C@@H](CNC(=O)c2cc(C)nn2C)C3)s1. The number of nitrogens with one attached hydrogen (secondary N) is 1. The second kappa shape index (κ2) is 7.44. The molecule has 0 saturated heterocycles. The topological polar surface area (TPSA) is 73.2 Å². The zero-order valence-corrected chi connectivity index (χ0v) is 17.1. The summed E-state index contributed by atoms with van der Waals surface area (Å²) < 4.78 is 21.8. The standard InChI is InChI=1S/C21H20FN3O3S/c1-11-6-17(25(3)24-11)21(27)23-10-15-8-13-7-14(22)9-16(20(13)28-15)19-5-4-18(29-19)12(2)26/h4-7,9,15H,8,10H2,1-3H3,(H,23,27)/t15-/m1/s1. The van der Waals surface area contributed by atoms with Crippen LogP contribution in [0.5, 0.6) is 5.75 Å². The van der Waals surface area contributed by atoms with Crippen LogP contribution in [-0.4, -0.2) is 34.1 Å². The van der Waals surface area contributed by atoms with Crippen LogP contribution in [-0.2, 0) is 13.5 Å². The van der Waals surface area contributed by atoms with Crippen molar-refractivity contribution in [2.75, 3.05) is 6.54 Å². The Labute approximate surface area is 171 Å². The summed E-state index contributed by atoms with van der Waals surface area (Å²) in [6.07, 6.45) is 0.200. The largest absolute Gasteiger partial charge is 0.487 e. The Balaban J connectivity index is 1.51. The zero-order valence-electron chi connectivity index (χ0n) is 16.3. The Morgan fingerprint density at radius 1 is 1.34 bits per heavy atom. The molecule has 1 amide bonds. The lowest BCUT2D eigenvalue weighted by atomic mass is 10.0. The molecule has 1 aromatic carbocycles. The second-order valence-electron chi connectivity index (χ2n) is 7.11. The van der Waals surface area contributed by atoms with Gasteiger partial charge in [0.25, 0.3) is 5.91 Å². The molecule has 3 heterocycles. The maximum Gasteiger partial charge on any atom is 0.269 e. The van der Waals surface area contributed by atoms with Crippen molar-refractivity contribution >= 4 is 23.0 Å². The van der Waals surface area contributed by atoms with E-state index >= 15 is 0 Å². The molecule has 0 saturated carbocycles. The maximum absolute atomic E-state index is 14.2. The van der Waals surface area contributed by atoms with Gasteiger partial charge in [-0.2, -0.15) is 5.10 Å². The number of aromatic nitrogens is 2. The smallest absolute Gasteiger partial charge is 0.269 e. The molecule has 1 aliphatic heterocycles. The lowest BCUT2D eigenvalue weighted by Crippen LogP contribution is -2.35. The third kappa shape index (κ3) is 3.80. The van der Waals surface area contributed by atoms with E-state index in [-0.39, 0.29) is 23.6 Å². The fourth-order valence-electron chi connectivity index (χ4n) is 3.48. The van der Waals surface area contributed by atoms with Crippen LogP contribution in [0, 0.1) is 12.7 Å². The molecular formula is C21H20FN3O3S. The predicted octanol–water partition coefficient (Wildman–Crippen LogP) is 3.53. The summed E-state index contributed by atoms with van der Waals surface area (Å²) in [7, 11) is 1.72. The highest BCUT2D eigenvalue weighted by Gasteiger charge is 2.28. The van der Waals surface area contributed by atoms with Crippen LogP contribution in [0.1, 0.15) is 38.3 Å². The van der Waals surface area contributed by atoms with E-state index in [1.807, 2.05) is 6.92 Å². The molecule has 0 spiro atoms. The summed E-state index contributed by atoms with van der Waals surface area (Å²) in [4.78, 5) is 25.4. The van der Waals surface area contributed by atoms with Gasteiger partial charge in [-0.25, -0.2) is 4.39 Å². The van der Waals surface area contributed by atoms with Crippen LogP contribution >= 0.6 is 11.3 Å². The quantitative estimate of drug-likeness (QED) is 0.650. The van der Waals surface area contributed by atoms with Gasteiger partial charge in [0.1, 0.15) is 23.4 Å². The minimum absolute atomic E-state index is 0.0267. The molecule has 6 nitrogen and oxygen atoms in total. The number of Topliss-reactive ketones (excluding diaryl/α,β-unsaturated/α-hetero) is 1. The average molecular weight is 413 g/mol. The summed E-state index contributed by atoms with van der Waals surface area (Å²) >= 11 is 1.31. The Kier molecular flexibility index (Phi) is 4.96. The number of amides is 1. The molecule has 0 radical (unpaired) electrons. The molecular weight excluding hydrogens is 393 g/mol. The van der Waals surface area contributed by atoms with Crippen molar-refractivity contribution in [3.63, 3.8) is 0 Å². The number of hydrogen-bond donors (Lipinski definition) is 1. The first-order valence-electron chi connectivity index (χ1n) is 9.21. The second-order valence-corrected chi connectivity index (χ2v) is 8.19. The number of ketones is 1. The number of benzene rings is 1. The lowest BCUT2D eigenvalue weighted by molar-refractivity contribution is 0.0923. The first-order valence-corrected chi connectivity index (χ1v) is 10.0. The first kappa shape index (κ1) is 19.3. The van der Waals surface area contributed by atoms with E-state index in [4.69, 9.17) is 4.74 Å². The normalized spacial score (nSPS) is 15.1. The van der Waals surface area contributed by atoms with Gasteiger partial charge in [-0.05, 0) is 44.2 Å². The number of rotatable bonds is 5. The van der Waals surface area contributed by atoms with Crippen LogP contribution in [0.3, 0.4) is 0 Å². The number of thiophene rings is 1. The summed E-state index contributed by atoms with van der Waals surface area (Å²) in [6, 6.07) is 8.15. The fraction of sp³-hybridized carbons (Fsp3) is 0.286. The van der Waals surface area contributed by atoms with Gasteiger partial charge in [0.05, 0.1) is 17.1 Å². The van der Waals surface area contributed by atoms with Gasteiger partial charge in [-0.15, -0.1) is 11.3 Å². The van der Waals surface area contributed by atoms with Crippen molar-refractivity contribution in [2.24, 2.45) is 7.05 Å². The Bertz CT molecular complexity index is 1120. The first-order chi connectivity index (χ1) is 13.8. The van der Waals surface area contributed by atoms with Crippen molar-refractivity contribution in [1.82, 2.24) is 15.1 Å². The fourth-order valence-corrected chi connectivity index (χ4v) is 4.40. The minimum Gasteiger partial charge on any atom is -0.487 e. The molecule has 0 bridgehead atoms. The van der Waals surface area contributed by atoms with E-state index in [1.54, 1.807) is 25.2 Å². The van der Waals surface area contributed by atoms with E-state index in [0.717, 1.165) is 16.1 Å². The summed E-state index contributed by atoms with van der Waals surface area (Å²) in [6.45, 7) is 3.62. The third-order valence-electron chi connectivity index (χ3n) is 4.81. The highest BCUT2D eigenvalue weighted by atomic mass is 32.1. The Morgan fingerprint density at radius 3 is 2.79 bits per heavy atom. The van der Waals surface area contributed by atoms with Gasteiger partial charge in [0.2, 0.25) is 0 Å². The van der Waals surface area contributed by atoms with E-state index in [1.165, 1.54) is 35.1 Å². The van der Waals surface area contributed by atoms with Crippen molar-refractivity contribution in [3.05, 3.63) is 58.0 Å². The van der Waals surface area contributed by atoms with Crippen molar-refractivity contribution in [1.29, 1.82) is 0 Å². The third-order valence-corrected chi connectivity index (χ3v) is 6.03. The van der Waals surface area contributed by atoms with Crippen LogP contribution in [0.25, 0.3) is 10.4 Å². The summed E-state index contributed by atoms with van der Waals surface area (Å²) in [5, 5.41) is 7.04. The Morgan fingerprint density at radius 2 is 2.14 bits per heavy atom. The van der Waals surface area contributed by atoms with Crippen molar-refractivity contribution in [2.45, 2.75) is 26.4 Å². The van der Waals surface area contributed by atoms with E-state index < -0.39 is 0 Å². The van der Waals surface area contributed by atoms with Gasteiger partial charge in [0, 0.05) is 29.5 Å². The molecule has 1 N–H and O–H groups in total. The maximum atomic E-state index is 14.2. The van der Waals surface area contributed by atoms with Crippen LogP contribution in [0.4, 0.5) is 4.39 Å². The molecule has 3 aromatic rings. The number of ether oxygens (including phenoxy) is 1. The van der Waals surface area contributed by atoms with E-state index in [2.05, 4.69) is 10.4 Å². The van der Waals surface area contributed by atoms with Gasteiger partial charge >= 0.3 is 0 Å². The van der Waals surface area contributed by atoms with Crippen LogP contribution in [0.15, 0.2) is 30.3 Å². The number of fused-ring (bicyclic) bond motifs is 1. The molecule has 0 unspecified atom stereocenters. The summed E-state index contributed by atoms with van der Waals surface area (Å²) in [5.74, 6) is -0.00114. The summed E-state index contributed by atoms with van der Waals surface area (Å²) in [5.41, 5.74) is 2.63.